The van der Waals surface area contributed by atoms with E-state index in [-0.39, 0.29) is 16.7 Å². The van der Waals surface area contributed by atoms with Gasteiger partial charge < -0.3 is 10.1 Å². The van der Waals surface area contributed by atoms with Crippen molar-refractivity contribution < 1.29 is 9.66 Å². The number of rotatable bonds is 7. The Balaban J connectivity index is 2.61. The molecule has 0 fully saturated rings. The van der Waals surface area contributed by atoms with E-state index in [1.54, 1.807) is 19.2 Å². The molecule has 1 rings (SSSR count). The van der Waals surface area contributed by atoms with Gasteiger partial charge in [0.1, 0.15) is 0 Å². The zero-order valence-corrected chi connectivity index (χ0v) is 11.1. The molecule has 18 heavy (non-hydrogen) atoms. The highest BCUT2D eigenvalue weighted by Gasteiger charge is 2.13. The molecular weight excluding hydrogens is 232 g/mol. The van der Waals surface area contributed by atoms with Crippen LogP contribution in [0.25, 0.3) is 0 Å². The van der Waals surface area contributed by atoms with Crippen LogP contribution in [0.2, 0.25) is 0 Å². The monoisotopic (exact) mass is 252 g/mol. The van der Waals surface area contributed by atoms with Gasteiger partial charge in [-0.2, -0.15) is 0 Å². The smallest absolute Gasteiger partial charge is 0.269 e. The number of hydrogen-bond donors (Lipinski definition) is 1. The molecule has 0 saturated heterocycles. The number of hydrogen-bond acceptors (Lipinski definition) is 4. The van der Waals surface area contributed by atoms with Crippen molar-refractivity contribution in [3.05, 3.63) is 39.9 Å². The van der Waals surface area contributed by atoms with E-state index in [0.717, 1.165) is 5.56 Å². The number of nitrogens with zero attached hydrogens (tertiary/aromatic N) is 1. The first-order valence-electron chi connectivity index (χ1n) is 6.00. The van der Waals surface area contributed by atoms with Gasteiger partial charge >= 0.3 is 0 Å². The van der Waals surface area contributed by atoms with Gasteiger partial charge in [0.25, 0.3) is 5.69 Å². The highest BCUT2D eigenvalue weighted by atomic mass is 16.6. The first kappa shape index (κ1) is 14.6. The molecule has 0 aliphatic heterocycles. The second kappa shape index (κ2) is 7.08. The van der Waals surface area contributed by atoms with Crippen LogP contribution in [-0.2, 0) is 11.3 Å². The summed E-state index contributed by atoms with van der Waals surface area (Å²) in [5.41, 5.74) is 1.04. The molecule has 0 spiro atoms. The maximum absolute atomic E-state index is 10.7. The van der Waals surface area contributed by atoms with E-state index < -0.39 is 0 Å². The van der Waals surface area contributed by atoms with Crippen molar-refractivity contribution in [3.63, 3.8) is 0 Å². The van der Waals surface area contributed by atoms with Gasteiger partial charge in [0, 0.05) is 31.8 Å². The third-order valence-electron chi connectivity index (χ3n) is 2.84. The van der Waals surface area contributed by atoms with E-state index in [1.807, 2.05) is 6.07 Å². The van der Waals surface area contributed by atoms with E-state index in [9.17, 15) is 10.1 Å². The molecule has 0 amide bonds. The predicted octanol–water partition coefficient (Wildman–Crippen LogP) is 2.36. The number of benzene rings is 1. The molecule has 5 heteroatoms. The van der Waals surface area contributed by atoms with Gasteiger partial charge in [0.05, 0.1) is 11.5 Å². The Morgan fingerprint density at radius 1 is 1.44 bits per heavy atom. The molecule has 100 valence electrons. The fourth-order valence-corrected chi connectivity index (χ4v) is 1.70. The Labute approximate surface area is 107 Å². The molecule has 0 saturated carbocycles. The van der Waals surface area contributed by atoms with Gasteiger partial charge in [-0.3, -0.25) is 10.1 Å². The Morgan fingerprint density at radius 2 is 2.17 bits per heavy atom. The van der Waals surface area contributed by atoms with Gasteiger partial charge in [-0.1, -0.05) is 26.0 Å². The minimum atomic E-state index is -0.376. The minimum absolute atomic E-state index is 0.127. The number of non-ortho nitro benzene ring substituents is 1. The Kier molecular flexibility index (Phi) is 5.74. The van der Waals surface area contributed by atoms with Crippen LogP contribution in [0.3, 0.4) is 0 Å². The summed E-state index contributed by atoms with van der Waals surface area (Å²) in [5, 5.41) is 14.0. The molecule has 5 nitrogen and oxygen atoms in total. The lowest BCUT2D eigenvalue weighted by Crippen LogP contribution is -2.37. The van der Waals surface area contributed by atoms with Crippen LogP contribution in [0, 0.1) is 16.0 Å². The second-order valence-corrected chi connectivity index (χ2v) is 4.61. The van der Waals surface area contributed by atoms with Crippen LogP contribution in [0.4, 0.5) is 5.69 Å². The third-order valence-corrected chi connectivity index (χ3v) is 2.84. The van der Waals surface area contributed by atoms with Gasteiger partial charge in [-0.15, -0.1) is 0 Å². The lowest BCUT2D eigenvalue weighted by Gasteiger charge is -2.21. The predicted molar refractivity (Wildman–Crippen MR) is 70.4 cm³/mol. The molecule has 0 aliphatic rings. The molecule has 1 aromatic carbocycles. The topological polar surface area (TPSA) is 64.4 Å². The van der Waals surface area contributed by atoms with E-state index in [2.05, 4.69) is 19.2 Å². The van der Waals surface area contributed by atoms with Crippen LogP contribution in [0.1, 0.15) is 19.4 Å². The average Bonchev–Trinajstić information content (AvgIpc) is 2.34. The van der Waals surface area contributed by atoms with E-state index >= 15 is 0 Å². The highest BCUT2D eigenvalue weighted by Crippen LogP contribution is 2.13. The second-order valence-electron chi connectivity index (χ2n) is 4.61. The van der Waals surface area contributed by atoms with E-state index in [4.69, 9.17) is 4.74 Å². The average molecular weight is 252 g/mol. The number of nitro benzene ring substituents is 1. The summed E-state index contributed by atoms with van der Waals surface area (Å²) < 4.78 is 5.14. The van der Waals surface area contributed by atoms with Crippen molar-refractivity contribution in [2.75, 3.05) is 13.7 Å². The zero-order valence-electron chi connectivity index (χ0n) is 11.1. The van der Waals surface area contributed by atoms with Crippen molar-refractivity contribution in [2.24, 2.45) is 5.92 Å². The van der Waals surface area contributed by atoms with Crippen molar-refractivity contribution >= 4 is 5.69 Å². The Hall–Kier alpha value is -1.46. The van der Waals surface area contributed by atoms with Gasteiger partial charge in [0.15, 0.2) is 0 Å². The summed E-state index contributed by atoms with van der Waals surface area (Å²) in [6.07, 6.45) is 0. The normalized spacial score (nSPS) is 12.7. The first-order valence-corrected chi connectivity index (χ1v) is 6.00. The molecular formula is C13H20N2O3. The summed E-state index contributed by atoms with van der Waals surface area (Å²) in [6, 6.07) is 6.92. The van der Waals surface area contributed by atoms with Crippen molar-refractivity contribution in [3.8, 4) is 0 Å². The third kappa shape index (κ3) is 4.43. The molecule has 1 unspecified atom stereocenters. The molecule has 0 heterocycles. The van der Waals surface area contributed by atoms with E-state index in [1.165, 1.54) is 6.07 Å². The summed E-state index contributed by atoms with van der Waals surface area (Å²) in [4.78, 5) is 10.3. The number of nitrogens with one attached hydrogen (secondary N) is 1. The van der Waals surface area contributed by atoms with Crippen LogP contribution < -0.4 is 5.32 Å². The quantitative estimate of drug-likeness (QED) is 0.597. The highest BCUT2D eigenvalue weighted by molar-refractivity contribution is 5.34. The summed E-state index contributed by atoms with van der Waals surface area (Å²) in [7, 11) is 1.67. The van der Waals surface area contributed by atoms with Crippen LogP contribution in [0.15, 0.2) is 24.3 Å². The van der Waals surface area contributed by atoms with Crippen LogP contribution >= 0.6 is 0 Å². The fourth-order valence-electron chi connectivity index (χ4n) is 1.70. The molecule has 0 radical (unpaired) electrons. The Morgan fingerprint density at radius 3 is 2.72 bits per heavy atom. The van der Waals surface area contributed by atoms with Crippen LogP contribution in [0.5, 0.6) is 0 Å². The van der Waals surface area contributed by atoms with E-state index in [0.29, 0.717) is 19.1 Å². The molecule has 0 aliphatic carbocycles. The molecule has 1 aromatic rings. The van der Waals surface area contributed by atoms with Gasteiger partial charge in [0.2, 0.25) is 0 Å². The maximum atomic E-state index is 10.7. The number of methoxy groups -OCH3 is 1. The van der Waals surface area contributed by atoms with Crippen molar-refractivity contribution in [2.45, 2.75) is 26.4 Å². The lowest BCUT2D eigenvalue weighted by atomic mass is 10.0. The number of nitro groups is 1. The SMILES string of the molecule is COCC(NCc1cccc([N+](=O)[O-])c1)C(C)C. The minimum Gasteiger partial charge on any atom is -0.383 e. The molecule has 1 N–H and O–H groups in total. The fraction of sp³-hybridized carbons (Fsp3) is 0.538. The van der Waals surface area contributed by atoms with Crippen molar-refractivity contribution in [1.29, 1.82) is 0 Å². The first-order chi connectivity index (χ1) is 8.54. The number of ether oxygens (including phenoxy) is 1. The molecule has 0 bridgehead atoms. The van der Waals surface area contributed by atoms with Crippen LogP contribution in [-0.4, -0.2) is 24.7 Å². The molecule has 1 atom stereocenters. The van der Waals surface area contributed by atoms with Gasteiger partial charge in [-0.25, -0.2) is 0 Å². The van der Waals surface area contributed by atoms with Crippen molar-refractivity contribution in [1.82, 2.24) is 5.32 Å². The summed E-state index contributed by atoms with van der Waals surface area (Å²) in [5.74, 6) is 0.448. The summed E-state index contributed by atoms with van der Waals surface area (Å²) in [6.45, 7) is 5.47. The van der Waals surface area contributed by atoms with Gasteiger partial charge in [-0.05, 0) is 11.5 Å². The maximum Gasteiger partial charge on any atom is 0.269 e. The Bertz CT molecular complexity index is 394. The standard InChI is InChI=1S/C13H20N2O3/c1-10(2)13(9-18-3)14-8-11-5-4-6-12(7-11)15(16)17/h4-7,10,13-14H,8-9H2,1-3H3. The summed E-state index contributed by atoms with van der Waals surface area (Å²) >= 11 is 0. The zero-order chi connectivity index (χ0) is 13.5. The lowest BCUT2D eigenvalue weighted by molar-refractivity contribution is -0.384. The largest absolute Gasteiger partial charge is 0.383 e. The molecule has 0 aromatic heterocycles.